The summed E-state index contributed by atoms with van der Waals surface area (Å²) >= 11 is 5.74. The summed E-state index contributed by atoms with van der Waals surface area (Å²) in [5, 5.41) is 10.3. The lowest BCUT2D eigenvalue weighted by atomic mass is 9.94. The largest absolute Gasteiger partial charge is 0.390 e. The minimum absolute atomic E-state index is 0.288. The first-order valence-corrected chi connectivity index (χ1v) is 5.99. The number of halogens is 2. The van der Waals surface area contributed by atoms with Crippen molar-refractivity contribution in [1.29, 1.82) is 0 Å². The summed E-state index contributed by atoms with van der Waals surface area (Å²) in [5.74, 6) is -0.317. The lowest BCUT2D eigenvalue weighted by Gasteiger charge is -2.21. The van der Waals surface area contributed by atoms with Gasteiger partial charge in [0.15, 0.2) is 0 Å². The predicted octanol–water partition coefficient (Wildman–Crippen LogP) is 4.21. The second-order valence-corrected chi connectivity index (χ2v) is 4.20. The molecule has 92 valence electrons. The van der Waals surface area contributed by atoms with Gasteiger partial charge in [0.1, 0.15) is 5.82 Å². The minimum Gasteiger partial charge on any atom is -0.390 e. The Morgan fingerprint density at radius 2 is 1.94 bits per heavy atom. The van der Waals surface area contributed by atoms with Crippen LogP contribution >= 0.6 is 11.6 Å². The molecule has 1 aromatic rings. The summed E-state index contributed by atoms with van der Waals surface area (Å²) in [5.41, 5.74) is -0.407. The van der Waals surface area contributed by atoms with Gasteiger partial charge in [-0.25, -0.2) is 4.39 Å². The van der Waals surface area contributed by atoms with E-state index in [4.69, 9.17) is 11.6 Å². The SMILES string of the molecule is CC.CCC(C)(O)Cc1cc(Cl)ccc1F. The average molecular weight is 247 g/mol. The third-order valence-corrected chi connectivity index (χ3v) is 2.58. The van der Waals surface area contributed by atoms with Gasteiger partial charge in [0.05, 0.1) is 5.60 Å². The Labute approximate surface area is 102 Å². The topological polar surface area (TPSA) is 20.2 Å². The van der Waals surface area contributed by atoms with Gasteiger partial charge in [-0.05, 0) is 37.1 Å². The Morgan fingerprint density at radius 3 is 2.44 bits per heavy atom. The van der Waals surface area contributed by atoms with Crippen molar-refractivity contribution in [3.63, 3.8) is 0 Å². The van der Waals surface area contributed by atoms with Crippen molar-refractivity contribution in [2.24, 2.45) is 0 Å². The maximum Gasteiger partial charge on any atom is 0.126 e. The molecule has 0 aliphatic carbocycles. The van der Waals surface area contributed by atoms with Gasteiger partial charge in [-0.1, -0.05) is 32.4 Å². The summed E-state index contributed by atoms with van der Waals surface area (Å²) in [6.07, 6.45) is 0.870. The molecule has 1 aromatic carbocycles. The maximum absolute atomic E-state index is 13.3. The van der Waals surface area contributed by atoms with Gasteiger partial charge >= 0.3 is 0 Å². The fourth-order valence-electron chi connectivity index (χ4n) is 1.21. The highest BCUT2D eigenvalue weighted by atomic mass is 35.5. The third kappa shape index (κ3) is 4.95. The molecule has 0 radical (unpaired) electrons. The van der Waals surface area contributed by atoms with E-state index >= 15 is 0 Å². The monoisotopic (exact) mass is 246 g/mol. The van der Waals surface area contributed by atoms with Crippen LogP contribution in [0.15, 0.2) is 18.2 Å². The first-order chi connectivity index (χ1) is 7.44. The molecule has 0 bridgehead atoms. The van der Waals surface area contributed by atoms with Crippen LogP contribution < -0.4 is 0 Å². The molecule has 3 heteroatoms. The fraction of sp³-hybridized carbons (Fsp3) is 0.538. The summed E-state index contributed by atoms with van der Waals surface area (Å²) < 4.78 is 13.3. The normalized spacial score (nSPS) is 13.7. The first-order valence-electron chi connectivity index (χ1n) is 5.61. The van der Waals surface area contributed by atoms with Gasteiger partial charge < -0.3 is 5.11 Å². The molecule has 0 aliphatic rings. The van der Waals surface area contributed by atoms with E-state index in [0.29, 0.717) is 17.0 Å². The Kier molecular flexibility index (Phi) is 6.61. The lowest BCUT2D eigenvalue weighted by Crippen LogP contribution is -2.26. The van der Waals surface area contributed by atoms with Crippen molar-refractivity contribution in [3.05, 3.63) is 34.6 Å². The van der Waals surface area contributed by atoms with Crippen molar-refractivity contribution >= 4 is 11.6 Å². The molecule has 1 rings (SSSR count). The second kappa shape index (κ2) is 6.87. The second-order valence-electron chi connectivity index (χ2n) is 3.76. The molecule has 0 saturated carbocycles. The molecule has 16 heavy (non-hydrogen) atoms. The average Bonchev–Trinajstić information content (AvgIpc) is 2.26. The molecule has 0 heterocycles. The van der Waals surface area contributed by atoms with E-state index in [9.17, 15) is 9.50 Å². The maximum atomic E-state index is 13.3. The summed E-state index contributed by atoms with van der Waals surface area (Å²) in [6.45, 7) is 7.55. The van der Waals surface area contributed by atoms with E-state index < -0.39 is 5.60 Å². The van der Waals surface area contributed by atoms with Crippen molar-refractivity contribution in [2.75, 3.05) is 0 Å². The third-order valence-electron chi connectivity index (χ3n) is 2.34. The molecule has 0 aromatic heterocycles. The molecule has 0 fully saturated rings. The van der Waals surface area contributed by atoms with Crippen LogP contribution in [0.2, 0.25) is 5.02 Å². The lowest BCUT2D eigenvalue weighted by molar-refractivity contribution is 0.0556. The molecule has 0 amide bonds. The van der Waals surface area contributed by atoms with Crippen molar-refractivity contribution in [3.8, 4) is 0 Å². The van der Waals surface area contributed by atoms with Crippen molar-refractivity contribution < 1.29 is 9.50 Å². The van der Waals surface area contributed by atoms with E-state index in [-0.39, 0.29) is 12.2 Å². The highest BCUT2D eigenvalue weighted by molar-refractivity contribution is 6.30. The Hall–Kier alpha value is -0.600. The summed E-state index contributed by atoms with van der Waals surface area (Å²) in [4.78, 5) is 0. The molecule has 0 spiro atoms. The molecule has 1 atom stereocenters. The van der Waals surface area contributed by atoms with Gasteiger partial charge in [0.2, 0.25) is 0 Å². The number of benzene rings is 1. The first kappa shape index (κ1) is 15.4. The molecule has 0 saturated heterocycles. The van der Waals surface area contributed by atoms with Crippen LogP contribution in [0.1, 0.15) is 39.7 Å². The number of aliphatic hydroxyl groups is 1. The standard InChI is InChI=1S/C11H14ClFO.C2H6/c1-3-11(2,14)7-8-6-9(12)4-5-10(8)13;1-2/h4-6,14H,3,7H2,1-2H3;1-2H3. The van der Waals surface area contributed by atoms with Crippen LogP contribution in [-0.2, 0) is 6.42 Å². The smallest absolute Gasteiger partial charge is 0.126 e. The van der Waals surface area contributed by atoms with Crippen LogP contribution in [0.3, 0.4) is 0 Å². The zero-order valence-electron chi connectivity index (χ0n) is 10.3. The van der Waals surface area contributed by atoms with Crippen LogP contribution in [0, 0.1) is 5.82 Å². The van der Waals surface area contributed by atoms with Gasteiger partial charge in [0, 0.05) is 11.4 Å². The Morgan fingerprint density at radius 1 is 1.38 bits per heavy atom. The zero-order valence-corrected chi connectivity index (χ0v) is 11.1. The highest BCUT2D eigenvalue weighted by Crippen LogP contribution is 2.21. The fourth-order valence-corrected chi connectivity index (χ4v) is 1.41. The number of rotatable bonds is 3. The Bertz CT molecular complexity index is 324. The molecule has 1 nitrogen and oxygen atoms in total. The van der Waals surface area contributed by atoms with Crippen LogP contribution in [0.4, 0.5) is 4.39 Å². The van der Waals surface area contributed by atoms with Crippen LogP contribution in [0.25, 0.3) is 0 Å². The molecular weight excluding hydrogens is 227 g/mol. The number of hydrogen-bond acceptors (Lipinski definition) is 1. The van der Waals surface area contributed by atoms with Crippen LogP contribution in [-0.4, -0.2) is 10.7 Å². The van der Waals surface area contributed by atoms with Gasteiger partial charge in [-0.3, -0.25) is 0 Å². The van der Waals surface area contributed by atoms with Gasteiger partial charge in [-0.2, -0.15) is 0 Å². The zero-order chi connectivity index (χ0) is 12.8. The molecular formula is C13H20ClFO. The molecule has 1 N–H and O–H groups in total. The molecule has 1 unspecified atom stereocenters. The van der Waals surface area contributed by atoms with E-state index in [0.717, 1.165) is 0 Å². The van der Waals surface area contributed by atoms with E-state index in [2.05, 4.69) is 0 Å². The predicted molar refractivity (Wildman–Crippen MR) is 67.4 cm³/mol. The van der Waals surface area contributed by atoms with Gasteiger partial charge in [-0.15, -0.1) is 0 Å². The number of hydrogen-bond donors (Lipinski definition) is 1. The van der Waals surface area contributed by atoms with Crippen molar-refractivity contribution in [2.45, 2.75) is 46.1 Å². The highest BCUT2D eigenvalue weighted by Gasteiger charge is 2.20. The summed E-state index contributed by atoms with van der Waals surface area (Å²) in [7, 11) is 0. The minimum atomic E-state index is -0.870. The van der Waals surface area contributed by atoms with E-state index in [1.165, 1.54) is 12.1 Å². The van der Waals surface area contributed by atoms with E-state index in [1.54, 1.807) is 13.0 Å². The van der Waals surface area contributed by atoms with Gasteiger partial charge in [0.25, 0.3) is 0 Å². The molecule has 0 aliphatic heterocycles. The Balaban J connectivity index is 0.00000106. The quantitative estimate of drug-likeness (QED) is 0.847. The van der Waals surface area contributed by atoms with Crippen molar-refractivity contribution in [1.82, 2.24) is 0 Å². The van der Waals surface area contributed by atoms with Crippen LogP contribution in [0.5, 0.6) is 0 Å². The van der Waals surface area contributed by atoms with E-state index in [1.807, 2.05) is 20.8 Å². The summed E-state index contributed by atoms with van der Waals surface area (Å²) in [6, 6.07) is 4.38.